The Hall–Kier alpha value is -1.85. The zero-order chi connectivity index (χ0) is 14.3. The molecule has 1 aliphatic heterocycles. The fourth-order valence-corrected chi connectivity index (χ4v) is 2.60. The highest BCUT2D eigenvalue weighted by molar-refractivity contribution is 5.46. The summed E-state index contributed by atoms with van der Waals surface area (Å²) in [6.45, 7) is 6.70. The van der Waals surface area contributed by atoms with Gasteiger partial charge in [-0.15, -0.1) is 0 Å². The van der Waals surface area contributed by atoms with E-state index in [1.807, 2.05) is 6.07 Å². The van der Waals surface area contributed by atoms with Crippen LogP contribution >= 0.6 is 0 Å². The summed E-state index contributed by atoms with van der Waals surface area (Å²) in [6.07, 6.45) is 1.81. The van der Waals surface area contributed by atoms with Gasteiger partial charge in [0.2, 0.25) is 0 Å². The SMILES string of the molecule is c1ccc(N(CCN2CCOCC2)Cc2ccn[nH]2)cc1. The highest BCUT2D eigenvalue weighted by Gasteiger charge is 2.13. The number of para-hydroxylation sites is 1. The minimum absolute atomic E-state index is 0.853. The van der Waals surface area contributed by atoms with Gasteiger partial charge in [0.15, 0.2) is 0 Å². The molecule has 2 aromatic rings. The molecule has 2 heterocycles. The second-order valence-electron chi connectivity index (χ2n) is 5.29. The van der Waals surface area contributed by atoms with E-state index in [0.717, 1.165) is 51.6 Å². The van der Waals surface area contributed by atoms with Gasteiger partial charge in [0.05, 0.1) is 25.5 Å². The molecular formula is C16H22N4O. The van der Waals surface area contributed by atoms with Gasteiger partial charge in [-0.05, 0) is 18.2 Å². The zero-order valence-corrected chi connectivity index (χ0v) is 12.2. The van der Waals surface area contributed by atoms with E-state index in [1.54, 1.807) is 6.20 Å². The quantitative estimate of drug-likeness (QED) is 0.878. The Bertz CT molecular complexity index is 508. The van der Waals surface area contributed by atoms with E-state index in [2.05, 4.69) is 50.3 Å². The first-order chi connectivity index (χ1) is 10.4. The Morgan fingerprint density at radius 2 is 1.95 bits per heavy atom. The standard InChI is InChI=1S/C16H22N4O/c1-2-4-16(5-3-1)20(14-15-6-7-17-18-15)9-8-19-10-12-21-13-11-19/h1-7H,8-14H2,(H,17,18). The molecular weight excluding hydrogens is 264 g/mol. The van der Waals surface area contributed by atoms with Gasteiger partial charge < -0.3 is 9.64 Å². The summed E-state index contributed by atoms with van der Waals surface area (Å²) < 4.78 is 5.41. The van der Waals surface area contributed by atoms with Crippen molar-refractivity contribution in [2.24, 2.45) is 0 Å². The van der Waals surface area contributed by atoms with Crippen molar-refractivity contribution in [1.29, 1.82) is 0 Å². The van der Waals surface area contributed by atoms with Gasteiger partial charge in [0.25, 0.3) is 0 Å². The van der Waals surface area contributed by atoms with E-state index in [-0.39, 0.29) is 0 Å². The number of hydrogen-bond acceptors (Lipinski definition) is 4. The molecule has 0 amide bonds. The van der Waals surface area contributed by atoms with Crippen LogP contribution in [0.3, 0.4) is 0 Å². The molecule has 1 aromatic heterocycles. The van der Waals surface area contributed by atoms with Crippen molar-refractivity contribution in [2.45, 2.75) is 6.54 Å². The lowest BCUT2D eigenvalue weighted by molar-refractivity contribution is 0.0391. The Morgan fingerprint density at radius 3 is 2.67 bits per heavy atom. The van der Waals surface area contributed by atoms with Crippen molar-refractivity contribution >= 4 is 5.69 Å². The molecule has 0 saturated carbocycles. The number of H-pyrrole nitrogens is 1. The second-order valence-corrected chi connectivity index (χ2v) is 5.29. The van der Waals surface area contributed by atoms with Crippen LogP contribution in [-0.4, -0.2) is 54.5 Å². The minimum Gasteiger partial charge on any atom is -0.379 e. The van der Waals surface area contributed by atoms with Gasteiger partial charge in [-0.2, -0.15) is 5.10 Å². The predicted octanol–water partition coefficient (Wildman–Crippen LogP) is 1.75. The molecule has 0 radical (unpaired) electrons. The van der Waals surface area contributed by atoms with Crippen molar-refractivity contribution in [2.75, 3.05) is 44.3 Å². The molecule has 1 aromatic carbocycles. The molecule has 3 rings (SSSR count). The third kappa shape index (κ3) is 4.06. The molecule has 5 heteroatoms. The molecule has 0 unspecified atom stereocenters. The van der Waals surface area contributed by atoms with Crippen LogP contribution in [0.1, 0.15) is 5.69 Å². The molecule has 0 atom stereocenters. The maximum atomic E-state index is 5.41. The maximum Gasteiger partial charge on any atom is 0.0596 e. The average Bonchev–Trinajstić information content (AvgIpc) is 3.06. The molecule has 1 fully saturated rings. The summed E-state index contributed by atoms with van der Waals surface area (Å²) in [4.78, 5) is 4.86. The Balaban J connectivity index is 1.63. The van der Waals surface area contributed by atoms with Crippen LogP contribution < -0.4 is 4.90 Å². The third-order valence-corrected chi connectivity index (χ3v) is 3.83. The fourth-order valence-electron chi connectivity index (χ4n) is 2.60. The normalized spacial score (nSPS) is 16.0. The summed E-state index contributed by atoms with van der Waals surface area (Å²) in [7, 11) is 0. The third-order valence-electron chi connectivity index (χ3n) is 3.83. The number of rotatable bonds is 6. The topological polar surface area (TPSA) is 44.4 Å². The molecule has 0 aliphatic carbocycles. The molecule has 1 aliphatic rings. The highest BCUT2D eigenvalue weighted by Crippen LogP contribution is 2.16. The van der Waals surface area contributed by atoms with Gasteiger partial charge in [-0.25, -0.2) is 0 Å². The van der Waals surface area contributed by atoms with Crippen LogP contribution in [-0.2, 0) is 11.3 Å². The monoisotopic (exact) mass is 286 g/mol. The first kappa shape index (κ1) is 14.1. The molecule has 1 N–H and O–H groups in total. The molecule has 0 bridgehead atoms. The van der Waals surface area contributed by atoms with Crippen molar-refractivity contribution in [3.8, 4) is 0 Å². The number of ether oxygens (including phenoxy) is 1. The number of anilines is 1. The predicted molar refractivity (Wildman–Crippen MR) is 83.3 cm³/mol. The van der Waals surface area contributed by atoms with E-state index in [4.69, 9.17) is 4.74 Å². The molecule has 0 spiro atoms. The molecule has 21 heavy (non-hydrogen) atoms. The number of hydrogen-bond donors (Lipinski definition) is 1. The summed E-state index contributed by atoms with van der Waals surface area (Å²) >= 11 is 0. The fraction of sp³-hybridized carbons (Fsp3) is 0.438. The van der Waals surface area contributed by atoms with Crippen LogP contribution in [0.4, 0.5) is 5.69 Å². The van der Waals surface area contributed by atoms with Gasteiger partial charge in [-0.3, -0.25) is 10.00 Å². The van der Waals surface area contributed by atoms with Crippen molar-refractivity contribution < 1.29 is 4.74 Å². The van der Waals surface area contributed by atoms with Crippen LogP contribution in [0.5, 0.6) is 0 Å². The maximum absolute atomic E-state index is 5.41. The van der Waals surface area contributed by atoms with E-state index >= 15 is 0 Å². The van der Waals surface area contributed by atoms with Crippen LogP contribution in [0, 0.1) is 0 Å². The van der Waals surface area contributed by atoms with E-state index < -0.39 is 0 Å². The number of morpholine rings is 1. The zero-order valence-electron chi connectivity index (χ0n) is 12.2. The summed E-state index contributed by atoms with van der Waals surface area (Å²) in [5.41, 5.74) is 2.39. The van der Waals surface area contributed by atoms with Crippen molar-refractivity contribution in [3.63, 3.8) is 0 Å². The Labute approximate surface area is 125 Å². The average molecular weight is 286 g/mol. The lowest BCUT2D eigenvalue weighted by Gasteiger charge is -2.31. The van der Waals surface area contributed by atoms with Crippen LogP contribution in [0.2, 0.25) is 0 Å². The number of benzene rings is 1. The number of nitrogens with zero attached hydrogens (tertiary/aromatic N) is 3. The van der Waals surface area contributed by atoms with E-state index in [0.29, 0.717) is 0 Å². The summed E-state index contributed by atoms with van der Waals surface area (Å²) in [5.74, 6) is 0. The Morgan fingerprint density at radius 1 is 1.14 bits per heavy atom. The van der Waals surface area contributed by atoms with Crippen molar-refractivity contribution in [3.05, 3.63) is 48.3 Å². The second kappa shape index (κ2) is 7.24. The first-order valence-corrected chi connectivity index (χ1v) is 7.50. The van der Waals surface area contributed by atoms with Crippen LogP contribution in [0.15, 0.2) is 42.6 Å². The van der Waals surface area contributed by atoms with E-state index in [9.17, 15) is 0 Å². The molecule has 5 nitrogen and oxygen atoms in total. The number of aromatic nitrogens is 2. The highest BCUT2D eigenvalue weighted by atomic mass is 16.5. The largest absolute Gasteiger partial charge is 0.379 e. The van der Waals surface area contributed by atoms with Gasteiger partial charge in [0.1, 0.15) is 0 Å². The number of aromatic amines is 1. The van der Waals surface area contributed by atoms with Gasteiger partial charge >= 0.3 is 0 Å². The number of nitrogens with one attached hydrogen (secondary N) is 1. The lowest BCUT2D eigenvalue weighted by Crippen LogP contribution is -2.41. The smallest absolute Gasteiger partial charge is 0.0596 e. The van der Waals surface area contributed by atoms with Crippen molar-refractivity contribution in [1.82, 2.24) is 15.1 Å². The minimum atomic E-state index is 0.853. The first-order valence-electron chi connectivity index (χ1n) is 7.50. The summed E-state index contributed by atoms with van der Waals surface area (Å²) in [6, 6.07) is 12.6. The Kier molecular flexibility index (Phi) is 4.86. The van der Waals surface area contributed by atoms with Crippen LogP contribution in [0.25, 0.3) is 0 Å². The van der Waals surface area contributed by atoms with Gasteiger partial charge in [0, 0.05) is 38.1 Å². The molecule has 112 valence electrons. The van der Waals surface area contributed by atoms with Gasteiger partial charge in [-0.1, -0.05) is 18.2 Å². The lowest BCUT2D eigenvalue weighted by atomic mass is 10.2. The molecule has 1 saturated heterocycles. The van der Waals surface area contributed by atoms with E-state index in [1.165, 1.54) is 5.69 Å². The summed E-state index contributed by atoms with van der Waals surface area (Å²) in [5, 5.41) is 7.09.